The molecule has 0 saturated heterocycles. The van der Waals surface area contributed by atoms with E-state index in [1.807, 2.05) is 0 Å². The lowest BCUT2D eigenvalue weighted by Gasteiger charge is -2.10. The van der Waals surface area contributed by atoms with Gasteiger partial charge in [0.05, 0.1) is 6.61 Å². The van der Waals surface area contributed by atoms with Crippen LogP contribution < -0.4 is 10.1 Å². The van der Waals surface area contributed by atoms with E-state index in [0.29, 0.717) is 5.69 Å². The van der Waals surface area contributed by atoms with Gasteiger partial charge in [-0.25, -0.2) is 0 Å². The summed E-state index contributed by atoms with van der Waals surface area (Å²) < 4.78 is 67.4. The van der Waals surface area contributed by atoms with Crippen molar-refractivity contribution < 1.29 is 31.4 Å². The molecule has 8 heteroatoms. The molecule has 1 rings (SSSR count). The van der Waals surface area contributed by atoms with E-state index in [9.17, 15) is 22.0 Å². The van der Waals surface area contributed by atoms with Gasteiger partial charge in [0.25, 0.3) is 0 Å². The van der Waals surface area contributed by atoms with Gasteiger partial charge in [0.15, 0.2) is 0 Å². The number of hydrogen-bond acceptors (Lipinski definition) is 3. The molecule has 0 aliphatic rings. The minimum Gasteiger partial charge on any atom is -0.435 e. The van der Waals surface area contributed by atoms with E-state index in [1.54, 1.807) is 0 Å². The third-order valence-electron chi connectivity index (χ3n) is 1.92. The summed E-state index contributed by atoms with van der Waals surface area (Å²) in [4.78, 5) is 0. The third-order valence-corrected chi connectivity index (χ3v) is 1.92. The molecule has 0 bridgehead atoms. The first-order valence-corrected chi connectivity index (χ1v) is 5.30. The average molecular weight is 285 g/mol. The van der Waals surface area contributed by atoms with E-state index in [1.165, 1.54) is 24.3 Å². The van der Waals surface area contributed by atoms with E-state index in [-0.39, 0.29) is 18.9 Å². The summed E-state index contributed by atoms with van der Waals surface area (Å²) in [6.07, 6.45) is -4.34. The molecule has 0 saturated carbocycles. The Labute approximate surface area is 106 Å². The Morgan fingerprint density at radius 3 is 2.26 bits per heavy atom. The molecular weight excluding hydrogens is 273 g/mol. The molecule has 0 fully saturated rings. The van der Waals surface area contributed by atoms with Crippen LogP contribution in [-0.4, -0.2) is 32.5 Å². The second-order valence-electron chi connectivity index (χ2n) is 3.50. The molecule has 0 unspecified atom stereocenters. The summed E-state index contributed by atoms with van der Waals surface area (Å²) in [5, 5.41) is 2.78. The quantitative estimate of drug-likeness (QED) is 0.616. The van der Waals surface area contributed by atoms with Gasteiger partial charge in [-0.1, -0.05) is 0 Å². The monoisotopic (exact) mass is 285 g/mol. The van der Waals surface area contributed by atoms with Crippen LogP contribution in [0.4, 0.5) is 27.6 Å². The molecule has 19 heavy (non-hydrogen) atoms. The van der Waals surface area contributed by atoms with Crippen molar-refractivity contribution in [1.29, 1.82) is 0 Å². The Hall–Kier alpha value is -1.57. The molecule has 3 nitrogen and oxygen atoms in total. The van der Waals surface area contributed by atoms with Crippen molar-refractivity contribution in [3.63, 3.8) is 0 Å². The van der Waals surface area contributed by atoms with E-state index >= 15 is 0 Å². The predicted molar refractivity (Wildman–Crippen MR) is 58.4 cm³/mol. The van der Waals surface area contributed by atoms with E-state index < -0.39 is 19.4 Å². The fourth-order valence-corrected chi connectivity index (χ4v) is 1.21. The predicted octanol–water partition coefficient (Wildman–Crippen LogP) is 3.28. The first kappa shape index (κ1) is 15.5. The lowest BCUT2D eigenvalue weighted by Crippen LogP contribution is -2.20. The highest BCUT2D eigenvalue weighted by Crippen LogP contribution is 2.17. The number of ether oxygens (including phenoxy) is 2. The van der Waals surface area contributed by atoms with Gasteiger partial charge in [-0.3, -0.25) is 0 Å². The van der Waals surface area contributed by atoms with Crippen LogP contribution in [0, 0.1) is 0 Å². The molecule has 0 spiro atoms. The molecule has 0 heterocycles. The highest BCUT2D eigenvalue weighted by atomic mass is 19.4. The Balaban J connectivity index is 2.23. The van der Waals surface area contributed by atoms with Crippen molar-refractivity contribution >= 4 is 5.69 Å². The zero-order valence-electron chi connectivity index (χ0n) is 9.71. The fourth-order valence-electron chi connectivity index (χ4n) is 1.21. The number of rotatable bonds is 7. The van der Waals surface area contributed by atoms with E-state index in [4.69, 9.17) is 0 Å². The van der Waals surface area contributed by atoms with Crippen molar-refractivity contribution in [3.05, 3.63) is 24.3 Å². The molecule has 0 aliphatic heterocycles. The first-order valence-electron chi connectivity index (χ1n) is 5.30. The van der Waals surface area contributed by atoms with E-state index in [0.717, 1.165) is 0 Å². The molecule has 0 radical (unpaired) electrons. The Bertz CT molecular complexity index is 366. The van der Waals surface area contributed by atoms with Crippen molar-refractivity contribution in [2.24, 2.45) is 0 Å². The topological polar surface area (TPSA) is 30.5 Å². The van der Waals surface area contributed by atoms with Crippen LogP contribution in [0.2, 0.25) is 0 Å². The molecule has 1 aromatic carbocycles. The number of anilines is 1. The summed E-state index contributed by atoms with van der Waals surface area (Å²) in [6, 6.07) is 5.60. The molecule has 1 N–H and O–H groups in total. The minimum atomic E-state index is -4.34. The summed E-state index contributed by atoms with van der Waals surface area (Å²) in [5.74, 6) is 0.00821. The van der Waals surface area contributed by atoms with Gasteiger partial charge in [-0.15, -0.1) is 0 Å². The van der Waals surface area contributed by atoms with Gasteiger partial charge in [0, 0.05) is 12.2 Å². The van der Waals surface area contributed by atoms with Crippen molar-refractivity contribution in [3.8, 4) is 5.75 Å². The van der Waals surface area contributed by atoms with Crippen LogP contribution in [0.1, 0.15) is 0 Å². The van der Waals surface area contributed by atoms with Crippen LogP contribution in [0.15, 0.2) is 24.3 Å². The number of hydrogen-bond donors (Lipinski definition) is 1. The van der Waals surface area contributed by atoms with Crippen molar-refractivity contribution in [1.82, 2.24) is 0 Å². The Morgan fingerprint density at radius 1 is 1.11 bits per heavy atom. The average Bonchev–Trinajstić information content (AvgIpc) is 2.28. The molecule has 1 aromatic rings. The maximum atomic E-state index is 11.9. The summed E-state index contributed by atoms with van der Waals surface area (Å²) in [6.45, 7) is -4.13. The van der Waals surface area contributed by atoms with E-state index in [2.05, 4.69) is 14.8 Å². The first-order chi connectivity index (χ1) is 8.87. The normalized spacial score (nSPS) is 11.7. The second kappa shape index (κ2) is 7.13. The maximum absolute atomic E-state index is 11.9. The van der Waals surface area contributed by atoms with Crippen molar-refractivity contribution in [2.75, 3.05) is 25.1 Å². The fraction of sp³-hybridized carbons (Fsp3) is 0.455. The van der Waals surface area contributed by atoms with Crippen LogP contribution in [0.3, 0.4) is 0 Å². The number of nitrogens with one attached hydrogen (secondary N) is 1. The molecule has 0 aromatic heterocycles. The van der Waals surface area contributed by atoms with Crippen molar-refractivity contribution in [2.45, 2.75) is 12.8 Å². The summed E-state index contributed by atoms with van der Waals surface area (Å²) in [5.41, 5.74) is 0.567. The van der Waals surface area contributed by atoms with Crippen LogP contribution in [0.25, 0.3) is 0 Å². The smallest absolute Gasteiger partial charge is 0.411 e. The lowest BCUT2D eigenvalue weighted by molar-refractivity contribution is -0.172. The summed E-state index contributed by atoms with van der Waals surface area (Å²) >= 11 is 0. The highest BCUT2D eigenvalue weighted by molar-refractivity contribution is 5.46. The summed E-state index contributed by atoms with van der Waals surface area (Å²) in [7, 11) is 0. The van der Waals surface area contributed by atoms with Gasteiger partial charge in [0.1, 0.15) is 12.4 Å². The Morgan fingerprint density at radius 2 is 1.74 bits per heavy atom. The van der Waals surface area contributed by atoms with Gasteiger partial charge >= 0.3 is 12.8 Å². The number of alkyl halides is 5. The largest absolute Gasteiger partial charge is 0.435 e. The SMILES string of the molecule is FC(F)Oc1ccc(NCCOCC(F)(F)F)cc1. The molecular formula is C11H12F5NO2. The van der Waals surface area contributed by atoms with Gasteiger partial charge in [-0.05, 0) is 24.3 Å². The van der Waals surface area contributed by atoms with Gasteiger partial charge < -0.3 is 14.8 Å². The molecule has 0 atom stereocenters. The highest BCUT2D eigenvalue weighted by Gasteiger charge is 2.27. The number of benzene rings is 1. The van der Waals surface area contributed by atoms with Gasteiger partial charge in [-0.2, -0.15) is 22.0 Å². The zero-order valence-corrected chi connectivity index (χ0v) is 9.71. The van der Waals surface area contributed by atoms with Gasteiger partial charge in [0.2, 0.25) is 0 Å². The Kier molecular flexibility index (Phi) is 5.81. The maximum Gasteiger partial charge on any atom is 0.411 e. The molecule has 0 aliphatic carbocycles. The standard InChI is InChI=1S/C11H12F5NO2/c12-10(13)19-9-3-1-8(2-4-9)17-5-6-18-7-11(14,15)16/h1-4,10,17H,5-7H2. The molecule has 0 amide bonds. The zero-order chi connectivity index (χ0) is 14.3. The molecule has 108 valence electrons. The second-order valence-corrected chi connectivity index (χ2v) is 3.50. The number of halogens is 5. The van der Waals surface area contributed by atoms with Crippen LogP contribution in [0.5, 0.6) is 5.75 Å². The van der Waals surface area contributed by atoms with Crippen LogP contribution in [-0.2, 0) is 4.74 Å². The third kappa shape index (κ3) is 7.45. The lowest BCUT2D eigenvalue weighted by atomic mass is 10.3. The van der Waals surface area contributed by atoms with Crippen LogP contribution >= 0.6 is 0 Å². The minimum absolute atomic E-state index is 0.00821.